The Morgan fingerprint density at radius 2 is 1.96 bits per heavy atom. The van der Waals surface area contributed by atoms with E-state index >= 15 is 0 Å². The van der Waals surface area contributed by atoms with Crippen molar-refractivity contribution in [1.29, 1.82) is 0 Å². The lowest BCUT2D eigenvalue weighted by Gasteiger charge is -2.26. The SMILES string of the molecule is Cc1noc(C)c1C(C)(C)NC(=O)c1cn(C)c2ccccc12. The molecule has 0 unspecified atom stereocenters. The summed E-state index contributed by atoms with van der Waals surface area (Å²) >= 11 is 0. The number of nitrogens with one attached hydrogen (secondary N) is 1. The molecule has 0 bridgehead atoms. The summed E-state index contributed by atoms with van der Waals surface area (Å²) in [5.74, 6) is 0.623. The zero-order chi connectivity index (χ0) is 16.8. The fraction of sp³-hybridized carbons (Fsp3) is 0.333. The number of amides is 1. The third kappa shape index (κ3) is 2.52. The maximum atomic E-state index is 12.8. The van der Waals surface area contributed by atoms with Gasteiger partial charge in [-0.25, -0.2) is 0 Å². The van der Waals surface area contributed by atoms with Crippen LogP contribution < -0.4 is 5.32 Å². The van der Waals surface area contributed by atoms with Crippen LogP contribution in [0.3, 0.4) is 0 Å². The van der Waals surface area contributed by atoms with E-state index in [1.54, 1.807) is 0 Å². The first-order chi connectivity index (χ1) is 10.8. The van der Waals surface area contributed by atoms with Gasteiger partial charge in [-0.2, -0.15) is 0 Å². The molecule has 5 heteroatoms. The second kappa shape index (κ2) is 5.26. The highest BCUT2D eigenvalue weighted by Crippen LogP contribution is 2.28. The molecule has 0 radical (unpaired) electrons. The van der Waals surface area contributed by atoms with Gasteiger partial charge in [0.25, 0.3) is 5.91 Å². The van der Waals surface area contributed by atoms with Crippen molar-refractivity contribution in [2.75, 3.05) is 0 Å². The topological polar surface area (TPSA) is 60.1 Å². The van der Waals surface area contributed by atoms with Gasteiger partial charge in [-0.3, -0.25) is 4.79 Å². The third-order valence-corrected chi connectivity index (χ3v) is 4.23. The number of hydrogen-bond donors (Lipinski definition) is 1. The average Bonchev–Trinajstić information content (AvgIpc) is 3.00. The van der Waals surface area contributed by atoms with Gasteiger partial charge in [0.2, 0.25) is 0 Å². The van der Waals surface area contributed by atoms with E-state index in [1.165, 1.54) is 0 Å². The Morgan fingerprint density at radius 1 is 1.26 bits per heavy atom. The summed E-state index contributed by atoms with van der Waals surface area (Å²) < 4.78 is 7.20. The first kappa shape index (κ1) is 15.3. The molecular formula is C18H21N3O2. The number of para-hydroxylation sites is 1. The number of aryl methyl sites for hydroxylation is 3. The van der Waals surface area contributed by atoms with E-state index in [9.17, 15) is 4.79 Å². The number of carbonyl (C=O) groups is 1. The number of rotatable bonds is 3. The van der Waals surface area contributed by atoms with Crippen molar-refractivity contribution in [3.05, 3.63) is 53.0 Å². The quantitative estimate of drug-likeness (QED) is 0.806. The van der Waals surface area contributed by atoms with Gasteiger partial charge in [0.15, 0.2) is 0 Å². The molecular weight excluding hydrogens is 290 g/mol. The summed E-state index contributed by atoms with van der Waals surface area (Å²) in [5, 5.41) is 8.04. The summed E-state index contributed by atoms with van der Waals surface area (Å²) in [7, 11) is 1.94. The normalized spacial score (nSPS) is 11.9. The highest BCUT2D eigenvalue weighted by Gasteiger charge is 2.30. The summed E-state index contributed by atoms with van der Waals surface area (Å²) in [6.07, 6.45) is 1.86. The van der Waals surface area contributed by atoms with Gasteiger partial charge in [0.05, 0.1) is 16.8 Å². The Balaban J connectivity index is 1.98. The van der Waals surface area contributed by atoms with Crippen molar-refractivity contribution in [2.45, 2.75) is 33.2 Å². The number of carbonyl (C=O) groups excluding carboxylic acids is 1. The molecule has 0 aliphatic heterocycles. The first-order valence-corrected chi connectivity index (χ1v) is 7.61. The maximum absolute atomic E-state index is 12.8. The smallest absolute Gasteiger partial charge is 0.254 e. The minimum absolute atomic E-state index is 0.105. The minimum atomic E-state index is -0.567. The van der Waals surface area contributed by atoms with Gasteiger partial charge in [-0.05, 0) is 33.8 Å². The summed E-state index contributed by atoms with van der Waals surface area (Å²) in [6, 6.07) is 7.88. The lowest BCUT2D eigenvalue weighted by atomic mass is 9.92. The molecule has 3 aromatic rings. The average molecular weight is 311 g/mol. The largest absolute Gasteiger partial charge is 0.361 e. The molecule has 1 aromatic carbocycles. The Hall–Kier alpha value is -2.56. The number of aromatic nitrogens is 2. The zero-order valence-electron chi connectivity index (χ0n) is 14.1. The number of nitrogens with zero attached hydrogens (tertiary/aromatic N) is 2. The predicted octanol–water partition coefficient (Wildman–Crippen LogP) is 3.45. The van der Waals surface area contributed by atoms with Gasteiger partial charge < -0.3 is 14.4 Å². The van der Waals surface area contributed by atoms with Crippen molar-refractivity contribution < 1.29 is 9.32 Å². The van der Waals surface area contributed by atoms with Gasteiger partial charge >= 0.3 is 0 Å². The summed E-state index contributed by atoms with van der Waals surface area (Å²) in [6.45, 7) is 7.67. The monoisotopic (exact) mass is 311 g/mol. The molecule has 0 atom stereocenters. The molecule has 2 heterocycles. The highest BCUT2D eigenvalue weighted by molar-refractivity contribution is 6.07. The van der Waals surface area contributed by atoms with E-state index in [2.05, 4.69) is 10.5 Å². The molecule has 0 saturated carbocycles. The van der Waals surface area contributed by atoms with E-state index in [1.807, 2.05) is 69.8 Å². The van der Waals surface area contributed by atoms with Crippen LogP contribution in [0.25, 0.3) is 10.9 Å². The van der Waals surface area contributed by atoms with Crippen molar-refractivity contribution >= 4 is 16.8 Å². The molecule has 0 saturated heterocycles. The maximum Gasteiger partial charge on any atom is 0.254 e. The van der Waals surface area contributed by atoms with Crippen molar-refractivity contribution in [3.8, 4) is 0 Å². The van der Waals surface area contributed by atoms with Gasteiger partial charge in [0, 0.05) is 29.7 Å². The molecule has 0 aliphatic rings. The van der Waals surface area contributed by atoms with Crippen LogP contribution in [0.5, 0.6) is 0 Å². The van der Waals surface area contributed by atoms with Crippen LogP contribution in [0, 0.1) is 13.8 Å². The van der Waals surface area contributed by atoms with Crippen LogP contribution in [0.15, 0.2) is 35.0 Å². The Labute approximate surface area is 135 Å². The standard InChI is InChI=1S/C18H21N3O2/c1-11-16(12(2)23-20-11)18(3,4)19-17(22)14-10-21(5)15-9-7-6-8-13(14)15/h6-10H,1-5H3,(H,19,22). The highest BCUT2D eigenvalue weighted by atomic mass is 16.5. The summed E-state index contributed by atoms with van der Waals surface area (Å²) in [4.78, 5) is 12.8. The molecule has 2 aromatic heterocycles. The lowest BCUT2D eigenvalue weighted by Crippen LogP contribution is -2.41. The number of hydrogen-bond acceptors (Lipinski definition) is 3. The molecule has 120 valence electrons. The summed E-state index contributed by atoms with van der Waals surface area (Å²) in [5.41, 5.74) is 2.86. The van der Waals surface area contributed by atoms with E-state index in [0.717, 1.165) is 27.9 Å². The fourth-order valence-electron chi connectivity index (χ4n) is 3.31. The van der Waals surface area contributed by atoms with Crippen LogP contribution in [0.2, 0.25) is 0 Å². The predicted molar refractivity (Wildman–Crippen MR) is 89.4 cm³/mol. The van der Waals surface area contributed by atoms with Gasteiger partial charge in [-0.1, -0.05) is 23.4 Å². The molecule has 0 aliphatic carbocycles. The van der Waals surface area contributed by atoms with Crippen LogP contribution in [-0.2, 0) is 12.6 Å². The van der Waals surface area contributed by atoms with Crippen molar-refractivity contribution in [3.63, 3.8) is 0 Å². The molecule has 0 spiro atoms. The molecule has 1 amide bonds. The van der Waals surface area contributed by atoms with E-state index < -0.39 is 5.54 Å². The molecule has 5 nitrogen and oxygen atoms in total. The minimum Gasteiger partial charge on any atom is -0.361 e. The van der Waals surface area contributed by atoms with Crippen LogP contribution >= 0.6 is 0 Å². The Kier molecular flexibility index (Phi) is 3.51. The van der Waals surface area contributed by atoms with Gasteiger partial charge in [-0.15, -0.1) is 0 Å². The molecule has 1 N–H and O–H groups in total. The molecule has 3 rings (SSSR count). The molecule has 0 fully saturated rings. The lowest BCUT2D eigenvalue weighted by molar-refractivity contribution is 0.0913. The fourth-order valence-corrected chi connectivity index (χ4v) is 3.31. The number of benzene rings is 1. The molecule has 23 heavy (non-hydrogen) atoms. The second-order valence-electron chi connectivity index (χ2n) is 6.45. The van der Waals surface area contributed by atoms with Crippen LogP contribution in [0.1, 0.15) is 41.2 Å². The second-order valence-corrected chi connectivity index (χ2v) is 6.45. The van der Waals surface area contributed by atoms with E-state index in [-0.39, 0.29) is 5.91 Å². The number of fused-ring (bicyclic) bond motifs is 1. The Morgan fingerprint density at radius 3 is 2.61 bits per heavy atom. The van der Waals surface area contributed by atoms with Crippen LogP contribution in [-0.4, -0.2) is 15.6 Å². The zero-order valence-corrected chi connectivity index (χ0v) is 14.1. The first-order valence-electron chi connectivity index (χ1n) is 7.61. The third-order valence-electron chi connectivity index (χ3n) is 4.23. The van der Waals surface area contributed by atoms with Crippen LogP contribution in [0.4, 0.5) is 0 Å². The van der Waals surface area contributed by atoms with E-state index in [0.29, 0.717) is 5.56 Å². The Bertz CT molecular complexity index is 867. The van der Waals surface area contributed by atoms with Gasteiger partial charge in [0.1, 0.15) is 5.76 Å². The van der Waals surface area contributed by atoms with E-state index in [4.69, 9.17) is 4.52 Å². The van der Waals surface area contributed by atoms with Crippen molar-refractivity contribution in [2.24, 2.45) is 7.05 Å². The van der Waals surface area contributed by atoms with Crippen molar-refractivity contribution in [1.82, 2.24) is 15.0 Å².